The lowest BCUT2D eigenvalue weighted by Gasteiger charge is -2.05. The second-order valence-corrected chi connectivity index (χ2v) is 5.32. The van der Waals surface area contributed by atoms with Gasteiger partial charge in [0.05, 0.1) is 5.69 Å². The second kappa shape index (κ2) is 5.02. The standard InChI is InChI=1S/C13H15NS2/c1-9(2)10-3-5-11(6-4-10)12-8-16-13(7-15)14-12/h3-6,8-9,15H,7H2,1-2H3. The summed E-state index contributed by atoms with van der Waals surface area (Å²) in [4.78, 5) is 4.52. The van der Waals surface area contributed by atoms with Crippen LogP contribution in [0, 0.1) is 0 Å². The van der Waals surface area contributed by atoms with Crippen molar-refractivity contribution < 1.29 is 0 Å². The van der Waals surface area contributed by atoms with Crippen molar-refractivity contribution in [1.29, 1.82) is 0 Å². The third-order valence-corrected chi connectivity index (χ3v) is 3.92. The van der Waals surface area contributed by atoms with E-state index >= 15 is 0 Å². The molecule has 0 saturated carbocycles. The van der Waals surface area contributed by atoms with E-state index in [-0.39, 0.29) is 0 Å². The van der Waals surface area contributed by atoms with E-state index in [0.29, 0.717) is 5.92 Å². The fourth-order valence-corrected chi connectivity index (χ4v) is 2.51. The van der Waals surface area contributed by atoms with E-state index in [4.69, 9.17) is 0 Å². The number of thiazole rings is 1. The molecule has 3 heteroatoms. The molecular weight excluding hydrogens is 234 g/mol. The van der Waals surface area contributed by atoms with Crippen molar-refractivity contribution in [3.8, 4) is 11.3 Å². The van der Waals surface area contributed by atoms with Gasteiger partial charge in [-0.1, -0.05) is 38.1 Å². The molecule has 1 heterocycles. The van der Waals surface area contributed by atoms with E-state index < -0.39 is 0 Å². The maximum atomic E-state index is 4.52. The van der Waals surface area contributed by atoms with Gasteiger partial charge in [-0.2, -0.15) is 12.6 Å². The Labute approximate surface area is 106 Å². The SMILES string of the molecule is CC(C)c1ccc(-c2csc(CS)n2)cc1. The highest BCUT2D eigenvalue weighted by atomic mass is 32.1. The number of hydrogen-bond donors (Lipinski definition) is 1. The minimum atomic E-state index is 0.581. The number of thiol groups is 1. The van der Waals surface area contributed by atoms with Crippen LogP contribution in [0.25, 0.3) is 11.3 Å². The Morgan fingerprint density at radius 3 is 2.44 bits per heavy atom. The second-order valence-electron chi connectivity index (χ2n) is 4.06. The minimum Gasteiger partial charge on any atom is -0.240 e. The third kappa shape index (κ3) is 2.47. The number of hydrogen-bond acceptors (Lipinski definition) is 3. The van der Waals surface area contributed by atoms with E-state index in [2.05, 4.69) is 61.1 Å². The van der Waals surface area contributed by atoms with Crippen molar-refractivity contribution in [2.24, 2.45) is 0 Å². The van der Waals surface area contributed by atoms with Gasteiger partial charge in [0.15, 0.2) is 0 Å². The van der Waals surface area contributed by atoms with Crippen molar-refractivity contribution >= 4 is 24.0 Å². The lowest BCUT2D eigenvalue weighted by atomic mass is 10.0. The Bertz CT molecular complexity index is 457. The summed E-state index contributed by atoms with van der Waals surface area (Å²) in [5.41, 5.74) is 3.62. The molecule has 2 rings (SSSR count). The van der Waals surface area contributed by atoms with E-state index in [9.17, 15) is 0 Å². The Kier molecular flexibility index (Phi) is 3.66. The fraction of sp³-hybridized carbons (Fsp3) is 0.308. The highest BCUT2D eigenvalue weighted by Crippen LogP contribution is 2.24. The summed E-state index contributed by atoms with van der Waals surface area (Å²) >= 11 is 5.89. The first-order valence-corrected chi connectivity index (χ1v) is 6.87. The summed E-state index contributed by atoms with van der Waals surface area (Å²) in [5, 5.41) is 3.17. The maximum Gasteiger partial charge on any atom is 0.103 e. The van der Waals surface area contributed by atoms with E-state index in [1.165, 1.54) is 11.1 Å². The van der Waals surface area contributed by atoms with E-state index in [0.717, 1.165) is 16.5 Å². The molecule has 0 spiro atoms. The summed E-state index contributed by atoms with van der Waals surface area (Å²) < 4.78 is 0. The summed E-state index contributed by atoms with van der Waals surface area (Å²) in [6, 6.07) is 8.65. The molecule has 84 valence electrons. The van der Waals surface area contributed by atoms with Crippen LogP contribution in [-0.2, 0) is 5.75 Å². The summed E-state index contributed by atoms with van der Waals surface area (Å²) in [5.74, 6) is 1.30. The van der Waals surface area contributed by atoms with Gasteiger partial charge < -0.3 is 0 Å². The van der Waals surface area contributed by atoms with Crippen molar-refractivity contribution in [1.82, 2.24) is 4.98 Å². The Hall–Kier alpha value is -0.800. The largest absolute Gasteiger partial charge is 0.240 e. The zero-order chi connectivity index (χ0) is 11.5. The Balaban J connectivity index is 2.27. The monoisotopic (exact) mass is 249 g/mol. The molecule has 0 atom stereocenters. The van der Waals surface area contributed by atoms with Gasteiger partial charge in [-0.25, -0.2) is 4.98 Å². The van der Waals surface area contributed by atoms with Crippen molar-refractivity contribution in [3.05, 3.63) is 40.2 Å². The van der Waals surface area contributed by atoms with Gasteiger partial charge in [0.1, 0.15) is 5.01 Å². The summed E-state index contributed by atoms with van der Waals surface area (Å²) in [7, 11) is 0. The van der Waals surface area contributed by atoms with Crippen LogP contribution in [0.5, 0.6) is 0 Å². The molecule has 0 N–H and O–H groups in total. The highest BCUT2D eigenvalue weighted by molar-refractivity contribution is 7.79. The van der Waals surface area contributed by atoms with Gasteiger partial charge in [-0.3, -0.25) is 0 Å². The van der Waals surface area contributed by atoms with Crippen LogP contribution >= 0.6 is 24.0 Å². The lowest BCUT2D eigenvalue weighted by Crippen LogP contribution is -1.87. The number of benzene rings is 1. The molecule has 0 aliphatic heterocycles. The molecular formula is C13H15NS2. The molecule has 0 fully saturated rings. The summed E-state index contributed by atoms with van der Waals surface area (Å²) in [6.45, 7) is 4.41. The lowest BCUT2D eigenvalue weighted by molar-refractivity contribution is 0.867. The van der Waals surface area contributed by atoms with Gasteiger partial charge in [-0.05, 0) is 11.5 Å². The highest BCUT2D eigenvalue weighted by Gasteiger charge is 2.04. The van der Waals surface area contributed by atoms with Crippen molar-refractivity contribution in [2.75, 3.05) is 0 Å². The number of rotatable bonds is 3. The van der Waals surface area contributed by atoms with Crippen LogP contribution in [0.2, 0.25) is 0 Å². The van der Waals surface area contributed by atoms with Crippen molar-refractivity contribution in [2.45, 2.75) is 25.5 Å². The molecule has 2 aromatic rings. The quantitative estimate of drug-likeness (QED) is 0.797. The third-order valence-electron chi connectivity index (χ3n) is 2.56. The molecule has 0 saturated heterocycles. The molecule has 1 nitrogen and oxygen atoms in total. The van der Waals surface area contributed by atoms with Gasteiger partial charge >= 0.3 is 0 Å². The van der Waals surface area contributed by atoms with Crippen LogP contribution in [0.1, 0.15) is 30.3 Å². The van der Waals surface area contributed by atoms with Gasteiger partial charge in [0.25, 0.3) is 0 Å². The zero-order valence-corrected chi connectivity index (χ0v) is 11.2. The molecule has 0 aliphatic rings. The van der Waals surface area contributed by atoms with Crippen LogP contribution in [0.3, 0.4) is 0 Å². The molecule has 0 radical (unpaired) electrons. The van der Waals surface area contributed by atoms with Gasteiger partial charge in [0, 0.05) is 16.7 Å². The molecule has 0 bridgehead atoms. The predicted molar refractivity (Wildman–Crippen MR) is 74.3 cm³/mol. The van der Waals surface area contributed by atoms with E-state index in [1.807, 2.05) is 0 Å². The first-order valence-electron chi connectivity index (χ1n) is 5.36. The average molecular weight is 249 g/mol. The van der Waals surface area contributed by atoms with Gasteiger partial charge in [0.2, 0.25) is 0 Å². The van der Waals surface area contributed by atoms with Crippen LogP contribution in [0.15, 0.2) is 29.6 Å². The van der Waals surface area contributed by atoms with E-state index in [1.54, 1.807) is 11.3 Å². The normalized spacial score (nSPS) is 11.0. The molecule has 1 aromatic carbocycles. The first-order chi connectivity index (χ1) is 7.70. The van der Waals surface area contributed by atoms with Crippen LogP contribution in [0.4, 0.5) is 0 Å². The molecule has 0 aliphatic carbocycles. The predicted octanol–water partition coefficient (Wildman–Crippen LogP) is 4.36. The van der Waals surface area contributed by atoms with Crippen LogP contribution in [-0.4, -0.2) is 4.98 Å². The topological polar surface area (TPSA) is 12.9 Å². The molecule has 1 aromatic heterocycles. The van der Waals surface area contributed by atoms with Gasteiger partial charge in [-0.15, -0.1) is 11.3 Å². The zero-order valence-electron chi connectivity index (χ0n) is 9.47. The Morgan fingerprint density at radius 2 is 1.94 bits per heavy atom. The maximum absolute atomic E-state index is 4.52. The number of aromatic nitrogens is 1. The van der Waals surface area contributed by atoms with Crippen LogP contribution < -0.4 is 0 Å². The fourth-order valence-electron chi connectivity index (χ4n) is 1.55. The number of nitrogens with zero attached hydrogens (tertiary/aromatic N) is 1. The summed E-state index contributed by atoms with van der Waals surface area (Å²) in [6.07, 6.45) is 0. The molecule has 0 amide bonds. The van der Waals surface area contributed by atoms with Crippen molar-refractivity contribution in [3.63, 3.8) is 0 Å². The first kappa shape index (κ1) is 11.7. The molecule has 0 unspecified atom stereocenters. The smallest absolute Gasteiger partial charge is 0.103 e. The average Bonchev–Trinajstić information content (AvgIpc) is 2.77. The molecule has 16 heavy (non-hydrogen) atoms. The Morgan fingerprint density at radius 1 is 1.25 bits per heavy atom. The minimum absolute atomic E-state index is 0.581.